The molecule has 1 heterocycles. The summed E-state index contributed by atoms with van der Waals surface area (Å²) >= 11 is 3.44. The Labute approximate surface area is 116 Å². The number of hydrogen-bond acceptors (Lipinski definition) is 2. The molecule has 1 unspecified atom stereocenters. The normalized spacial score (nSPS) is 20.2. The van der Waals surface area contributed by atoms with Gasteiger partial charge in [0.15, 0.2) is 0 Å². The van der Waals surface area contributed by atoms with Crippen molar-refractivity contribution in [2.24, 2.45) is 0 Å². The summed E-state index contributed by atoms with van der Waals surface area (Å²) in [7, 11) is 0. The van der Waals surface area contributed by atoms with Gasteiger partial charge in [-0.1, -0.05) is 11.6 Å². The molecule has 0 aromatic heterocycles. The SMILES string of the molecule is Cc1ccc(Br)c(C(=O)NC2CCCNCC2)c1. The lowest BCUT2D eigenvalue weighted by Gasteiger charge is -2.16. The highest BCUT2D eigenvalue weighted by Crippen LogP contribution is 2.18. The fraction of sp³-hybridized carbons (Fsp3) is 0.500. The highest BCUT2D eigenvalue weighted by molar-refractivity contribution is 9.10. The van der Waals surface area contributed by atoms with Gasteiger partial charge in [0.2, 0.25) is 0 Å². The van der Waals surface area contributed by atoms with E-state index in [0.717, 1.165) is 48.0 Å². The Morgan fingerprint density at radius 2 is 2.22 bits per heavy atom. The summed E-state index contributed by atoms with van der Waals surface area (Å²) in [6.45, 7) is 4.04. The highest BCUT2D eigenvalue weighted by atomic mass is 79.9. The van der Waals surface area contributed by atoms with Crippen molar-refractivity contribution in [3.63, 3.8) is 0 Å². The Hall–Kier alpha value is -0.870. The lowest BCUT2D eigenvalue weighted by Crippen LogP contribution is -2.35. The fourth-order valence-corrected chi connectivity index (χ4v) is 2.67. The van der Waals surface area contributed by atoms with Crippen molar-refractivity contribution in [3.05, 3.63) is 33.8 Å². The number of rotatable bonds is 2. The van der Waals surface area contributed by atoms with Crippen molar-refractivity contribution in [1.29, 1.82) is 0 Å². The third-order valence-corrected chi connectivity index (χ3v) is 3.97. The third kappa shape index (κ3) is 3.56. The average Bonchev–Trinajstić information content (AvgIpc) is 2.61. The molecule has 4 heteroatoms. The van der Waals surface area contributed by atoms with Gasteiger partial charge < -0.3 is 10.6 Å². The van der Waals surface area contributed by atoms with Crippen LogP contribution >= 0.6 is 15.9 Å². The van der Waals surface area contributed by atoms with Crippen molar-refractivity contribution in [1.82, 2.24) is 10.6 Å². The van der Waals surface area contributed by atoms with E-state index in [1.165, 1.54) is 0 Å². The second kappa shape index (κ2) is 6.34. The number of carbonyl (C=O) groups is 1. The summed E-state index contributed by atoms with van der Waals surface area (Å²) < 4.78 is 0.859. The monoisotopic (exact) mass is 310 g/mol. The molecule has 1 fully saturated rings. The van der Waals surface area contributed by atoms with Crippen LogP contribution in [0.4, 0.5) is 0 Å². The van der Waals surface area contributed by atoms with Crippen LogP contribution in [0.15, 0.2) is 22.7 Å². The zero-order valence-electron chi connectivity index (χ0n) is 10.6. The van der Waals surface area contributed by atoms with Gasteiger partial charge in [0.25, 0.3) is 5.91 Å². The Morgan fingerprint density at radius 3 is 3.06 bits per heavy atom. The lowest BCUT2D eigenvalue weighted by atomic mass is 10.1. The van der Waals surface area contributed by atoms with E-state index in [1.807, 2.05) is 25.1 Å². The summed E-state index contributed by atoms with van der Waals surface area (Å²) in [4.78, 5) is 12.2. The lowest BCUT2D eigenvalue weighted by molar-refractivity contribution is 0.0933. The minimum atomic E-state index is 0.0254. The molecule has 1 saturated heterocycles. The largest absolute Gasteiger partial charge is 0.349 e. The smallest absolute Gasteiger partial charge is 0.252 e. The van der Waals surface area contributed by atoms with E-state index >= 15 is 0 Å². The molecule has 3 nitrogen and oxygen atoms in total. The number of halogens is 1. The number of amides is 1. The Morgan fingerprint density at radius 1 is 1.39 bits per heavy atom. The highest BCUT2D eigenvalue weighted by Gasteiger charge is 2.17. The van der Waals surface area contributed by atoms with Crippen LogP contribution in [-0.2, 0) is 0 Å². The first-order valence-electron chi connectivity index (χ1n) is 6.44. The fourth-order valence-electron chi connectivity index (χ4n) is 2.24. The van der Waals surface area contributed by atoms with Gasteiger partial charge in [-0.15, -0.1) is 0 Å². The van der Waals surface area contributed by atoms with Crippen LogP contribution < -0.4 is 10.6 Å². The molecule has 0 aliphatic carbocycles. The average molecular weight is 311 g/mol. The van der Waals surface area contributed by atoms with Crippen molar-refractivity contribution >= 4 is 21.8 Å². The third-order valence-electron chi connectivity index (χ3n) is 3.28. The minimum Gasteiger partial charge on any atom is -0.349 e. The predicted octanol–water partition coefficient (Wildman–Crippen LogP) is 2.63. The molecule has 1 aromatic rings. The topological polar surface area (TPSA) is 41.1 Å². The molecule has 98 valence electrons. The zero-order valence-corrected chi connectivity index (χ0v) is 12.2. The molecule has 1 amide bonds. The molecule has 1 aliphatic heterocycles. The Balaban J connectivity index is 2.04. The molecule has 1 aromatic carbocycles. The minimum absolute atomic E-state index is 0.0254. The van der Waals surface area contributed by atoms with Gasteiger partial charge in [-0.3, -0.25) is 4.79 Å². The molecule has 0 saturated carbocycles. The quantitative estimate of drug-likeness (QED) is 0.881. The summed E-state index contributed by atoms with van der Waals surface area (Å²) in [6.07, 6.45) is 3.19. The van der Waals surface area contributed by atoms with E-state index in [9.17, 15) is 4.79 Å². The van der Waals surface area contributed by atoms with Crippen molar-refractivity contribution in [2.45, 2.75) is 32.2 Å². The second-order valence-corrected chi connectivity index (χ2v) is 5.69. The molecular formula is C14H19BrN2O. The molecule has 1 aliphatic rings. The van der Waals surface area contributed by atoms with Crippen LogP contribution in [0.25, 0.3) is 0 Å². The van der Waals surface area contributed by atoms with Gasteiger partial charge in [0.1, 0.15) is 0 Å². The predicted molar refractivity (Wildman–Crippen MR) is 76.9 cm³/mol. The summed E-state index contributed by atoms with van der Waals surface area (Å²) in [5.74, 6) is 0.0254. The van der Waals surface area contributed by atoms with Gasteiger partial charge in [0.05, 0.1) is 5.56 Å². The number of aryl methyl sites for hydroxylation is 1. The molecule has 2 N–H and O–H groups in total. The second-order valence-electron chi connectivity index (χ2n) is 4.83. The summed E-state index contributed by atoms with van der Waals surface area (Å²) in [5, 5.41) is 6.48. The van der Waals surface area contributed by atoms with Crippen LogP contribution in [0.3, 0.4) is 0 Å². The molecule has 0 spiro atoms. The van der Waals surface area contributed by atoms with Gasteiger partial charge in [-0.25, -0.2) is 0 Å². The van der Waals surface area contributed by atoms with Crippen molar-refractivity contribution in [2.75, 3.05) is 13.1 Å². The summed E-state index contributed by atoms with van der Waals surface area (Å²) in [5.41, 5.74) is 1.83. The van der Waals surface area contributed by atoms with Gasteiger partial charge >= 0.3 is 0 Å². The van der Waals surface area contributed by atoms with Crippen LogP contribution in [0.2, 0.25) is 0 Å². The number of hydrogen-bond donors (Lipinski definition) is 2. The summed E-state index contributed by atoms with van der Waals surface area (Å²) in [6, 6.07) is 6.14. The first kappa shape index (κ1) is 13.6. The number of nitrogens with one attached hydrogen (secondary N) is 2. The van der Waals surface area contributed by atoms with Crippen LogP contribution in [0.5, 0.6) is 0 Å². The maximum absolute atomic E-state index is 12.2. The van der Waals surface area contributed by atoms with Crippen LogP contribution in [0, 0.1) is 6.92 Å². The van der Waals surface area contributed by atoms with Crippen LogP contribution in [0.1, 0.15) is 35.2 Å². The van der Waals surface area contributed by atoms with E-state index in [-0.39, 0.29) is 5.91 Å². The molecular weight excluding hydrogens is 292 g/mol. The van der Waals surface area contributed by atoms with Crippen LogP contribution in [-0.4, -0.2) is 25.0 Å². The maximum atomic E-state index is 12.2. The van der Waals surface area contributed by atoms with Crippen molar-refractivity contribution < 1.29 is 4.79 Å². The maximum Gasteiger partial charge on any atom is 0.252 e. The van der Waals surface area contributed by atoms with E-state index in [4.69, 9.17) is 0 Å². The first-order chi connectivity index (χ1) is 8.66. The van der Waals surface area contributed by atoms with Crippen molar-refractivity contribution in [3.8, 4) is 0 Å². The van der Waals surface area contributed by atoms with Gasteiger partial charge in [0, 0.05) is 10.5 Å². The number of carbonyl (C=O) groups excluding carboxylic acids is 1. The zero-order chi connectivity index (χ0) is 13.0. The number of benzene rings is 1. The van der Waals surface area contributed by atoms with E-state index in [2.05, 4.69) is 26.6 Å². The Kier molecular flexibility index (Phi) is 4.78. The Bertz CT molecular complexity index is 426. The van der Waals surface area contributed by atoms with E-state index in [0.29, 0.717) is 6.04 Å². The van der Waals surface area contributed by atoms with E-state index in [1.54, 1.807) is 0 Å². The molecule has 1 atom stereocenters. The van der Waals surface area contributed by atoms with Gasteiger partial charge in [-0.05, 0) is 67.3 Å². The molecule has 2 rings (SSSR count). The van der Waals surface area contributed by atoms with E-state index < -0.39 is 0 Å². The first-order valence-corrected chi connectivity index (χ1v) is 7.24. The molecule has 0 bridgehead atoms. The van der Waals surface area contributed by atoms with Gasteiger partial charge in [-0.2, -0.15) is 0 Å². The standard InChI is InChI=1S/C14H19BrN2O/c1-10-4-5-13(15)12(9-10)14(18)17-11-3-2-7-16-8-6-11/h4-5,9,11,16H,2-3,6-8H2,1H3,(H,17,18). The molecule has 0 radical (unpaired) electrons. The molecule has 18 heavy (non-hydrogen) atoms.